The Balaban J connectivity index is 1.34. The number of hydrogen-bond acceptors (Lipinski definition) is 7. The van der Waals surface area contributed by atoms with Gasteiger partial charge in [-0.25, -0.2) is 15.2 Å². The van der Waals surface area contributed by atoms with Crippen LogP contribution in [-0.4, -0.2) is 41.7 Å². The molecule has 4 rings (SSSR count). The number of benzene rings is 1. The van der Waals surface area contributed by atoms with Gasteiger partial charge in [0.25, 0.3) is 0 Å². The first-order chi connectivity index (χ1) is 17.5. The number of rotatable bonds is 8. The smallest absolute Gasteiger partial charge is 0.362 e. The number of hydrogen-bond donors (Lipinski definition) is 5. The van der Waals surface area contributed by atoms with E-state index in [9.17, 15) is 27.2 Å². The number of hydrazine groups is 1. The Kier molecular flexibility index (Phi) is 7.48. The zero-order valence-electron chi connectivity index (χ0n) is 20.0. The summed E-state index contributed by atoms with van der Waals surface area (Å²) < 4.78 is 58.1. The van der Waals surface area contributed by atoms with E-state index >= 15 is 0 Å². The van der Waals surface area contributed by atoms with Crippen LogP contribution in [0.15, 0.2) is 48.2 Å². The number of ether oxygens (including phenoxy) is 1. The summed E-state index contributed by atoms with van der Waals surface area (Å²) in [7, 11) is 1.50. The first kappa shape index (κ1) is 26.5. The fourth-order valence-electron chi connectivity index (χ4n) is 3.82. The number of carbonyl (C=O) groups is 2. The lowest BCUT2D eigenvalue weighted by atomic mass is 10.1. The molecule has 2 atom stereocenters. The molecular formula is C24H26F4N6O3. The minimum atomic E-state index is -4.74. The lowest BCUT2D eigenvalue weighted by Crippen LogP contribution is -2.55. The first-order valence-electron chi connectivity index (χ1n) is 11.5. The van der Waals surface area contributed by atoms with Crippen LogP contribution in [0.1, 0.15) is 31.0 Å². The van der Waals surface area contributed by atoms with E-state index in [4.69, 9.17) is 4.74 Å². The lowest BCUT2D eigenvalue weighted by molar-refractivity contribution is -0.137. The maximum Gasteiger partial charge on any atom is 0.418 e. The van der Waals surface area contributed by atoms with Crippen molar-refractivity contribution in [2.24, 2.45) is 0 Å². The normalized spacial score (nSPS) is 20.5. The third-order valence-electron chi connectivity index (χ3n) is 6.11. The molecule has 0 spiro atoms. The Labute approximate surface area is 210 Å². The molecule has 0 radical (unpaired) electrons. The second-order valence-corrected chi connectivity index (χ2v) is 8.86. The number of halogens is 4. The number of nitrogens with one attached hydrogen (secondary N) is 5. The molecule has 1 saturated carbocycles. The second-order valence-electron chi connectivity index (χ2n) is 8.86. The van der Waals surface area contributed by atoms with E-state index in [1.54, 1.807) is 13.0 Å². The summed E-state index contributed by atoms with van der Waals surface area (Å²) in [5, 5.41) is 8.15. The zero-order valence-corrected chi connectivity index (χ0v) is 20.0. The monoisotopic (exact) mass is 522 g/mol. The van der Waals surface area contributed by atoms with Crippen LogP contribution in [0.2, 0.25) is 0 Å². The number of pyridine rings is 1. The van der Waals surface area contributed by atoms with Crippen LogP contribution in [-0.2, 0) is 27.0 Å². The van der Waals surface area contributed by atoms with Gasteiger partial charge in [-0.15, -0.1) is 0 Å². The van der Waals surface area contributed by atoms with E-state index in [1.165, 1.54) is 25.4 Å². The fourth-order valence-corrected chi connectivity index (χ4v) is 3.82. The molecule has 1 aliphatic carbocycles. The van der Waals surface area contributed by atoms with E-state index in [1.807, 2.05) is 0 Å². The Morgan fingerprint density at radius 2 is 1.95 bits per heavy atom. The first-order valence-corrected chi connectivity index (χ1v) is 11.5. The molecule has 2 aromatic rings. The summed E-state index contributed by atoms with van der Waals surface area (Å²) in [6.07, 6.45) is -1.28. The van der Waals surface area contributed by atoms with Crippen LogP contribution in [0, 0.1) is 5.82 Å². The number of anilines is 2. The standard InChI is InChI=1S/C24H26F4N6O3/c1-13-17(10-20(37-2)34-33-13)21(35)32-23(7-8-23)22(36)30-11-15-4-5-16(12-29-15)31-19-6-3-14(25)9-18(19)24(26,27)28/h3-6,9-10,12-13,20,31,33-34H,7-8,11H2,1-2H3,(H,30,36)(H,32,35). The predicted molar refractivity (Wildman–Crippen MR) is 125 cm³/mol. The molecule has 2 unspecified atom stereocenters. The average molecular weight is 523 g/mol. The third kappa shape index (κ3) is 6.24. The molecule has 37 heavy (non-hydrogen) atoms. The Hall–Kier alpha value is -3.55. The highest BCUT2D eigenvalue weighted by Gasteiger charge is 2.51. The minimum absolute atomic E-state index is 0.0530. The second kappa shape index (κ2) is 10.4. The van der Waals surface area contributed by atoms with Crippen molar-refractivity contribution in [1.29, 1.82) is 0 Å². The van der Waals surface area contributed by atoms with E-state index in [2.05, 4.69) is 31.8 Å². The fraction of sp³-hybridized carbons (Fsp3) is 0.375. The predicted octanol–water partition coefficient (Wildman–Crippen LogP) is 2.64. The number of carbonyl (C=O) groups excluding carboxylic acids is 2. The van der Waals surface area contributed by atoms with Gasteiger partial charge >= 0.3 is 6.18 Å². The minimum Gasteiger partial charge on any atom is -0.362 e. The van der Waals surface area contributed by atoms with Gasteiger partial charge in [0, 0.05) is 18.7 Å². The van der Waals surface area contributed by atoms with Gasteiger partial charge in [0.1, 0.15) is 17.6 Å². The van der Waals surface area contributed by atoms with Gasteiger partial charge < -0.3 is 20.7 Å². The van der Waals surface area contributed by atoms with Gasteiger partial charge in [-0.2, -0.15) is 13.2 Å². The summed E-state index contributed by atoms with van der Waals surface area (Å²) >= 11 is 0. The maximum atomic E-state index is 13.3. The third-order valence-corrected chi connectivity index (χ3v) is 6.11. The van der Waals surface area contributed by atoms with Crippen LogP contribution in [0.4, 0.5) is 28.9 Å². The Bertz CT molecular complexity index is 1200. The number of aromatic nitrogens is 1. The lowest BCUT2D eigenvalue weighted by Gasteiger charge is -2.28. The van der Waals surface area contributed by atoms with E-state index in [0.29, 0.717) is 30.2 Å². The molecule has 9 nitrogen and oxygen atoms in total. The van der Waals surface area contributed by atoms with Crippen LogP contribution in [0.5, 0.6) is 0 Å². The van der Waals surface area contributed by atoms with E-state index < -0.39 is 29.3 Å². The topological polar surface area (TPSA) is 116 Å². The molecule has 1 fully saturated rings. The molecule has 198 valence electrons. The molecule has 2 aliphatic rings. The quantitative estimate of drug-likeness (QED) is 0.339. The van der Waals surface area contributed by atoms with Crippen molar-refractivity contribution in [3.8, 4) is 0 Å². The van der Waals surface area contributed by atoms with Crippen molar-refractivity contribution in [1.82, 2.24) is 26.5 Å². The van der Waals surface area contributed by atoms with Crippen molar-refractivity contribution in [2.75, 3.05) is 12.4 Å². The highest BCUT2D eigenvalue weighted by atomic mass is 19.4. The van der Waals surface area contributed by atoms with Crippen molar-refractivity contribution in [2.45, 2.75) is 50.3 Å². The highest BCUT2D eigenvalue weighted by molar-refractivity contribution is 6.01. The molecule has 2 amide bonds. The van der Waals surface area contributed by atoms with E-state index in [0.717, 1.165) is 12.1 Å². The molecule has 1 aliphatic heterocycles. The van der Waals surface area contributed by atoms with Crippen molar-refractivity contribution in [3.63, 3.8) is 0 Å². The molecular weight excluding hydrogens is 496 g/mol. The van der Waals surface area contributed by atoms with Crippen LogP contribution < -0.4 is 26.8 Å². The SMILES string of the molecule is COC1C=C(C(=O)NC2(C(=O)NCc3ccc(Nc4ccc(F)cc4C(F)(F)F)cn3)CC2)C(C)NN1. The van der Waals surface area contributed by atoms with Crippen LogP contribution in [0.3, 0.4) is 0 Å². The Morgan fingerprint density at radius 3 is 2.57 bits per heavy atom. The number of methoxy groups -OCH3 is 1. The summed E-state index contributed by atoms with van der Waals surface area (Å²) in [6, 6.07) is 5.09. The molecule has 0 saturated heterocycles. The molecule has 13 heteroatoms. The molecule has 1 aromatic heterocycles. The summed E-state index contributed by atoms with van der Waals surface area (Å²) in [4.78, 5) is 29.8. The van der Waals surface area contributed by atoms with E-state index in [-0.39, 0.29) is 35.8 Å². The average Bonchev–Trinajstić information content (AvgIpc) is 3.64. The molecule has 5 N–H and O–H groups in total. The number of alkyl halides is 3. The van der Waals surface area contributed by atoms with Crippen LogP contribution in [0.25, 0.3) is 0 Å². The van der Waals surface area contributed by atoms with Crippen molar-refractivity contribution < 1.29 is 31.9 Å². The van der Waals surface area contributed by atoms with Gasteiger partial charge in [-0.3, -0.25) is 14.6 Å². The Morgan fingerprint density at radius 1 is 1.19 bits per heavy atom. The summed E-state index contributed by atoms with van der Waals surface area (Å²) in [5.41, 5.74) is 4.53. The van der Waals surface area contributed by atoms with Crippen molar-refractivity contribution >= 4 is 23.2 Å². The highest BCUT2D eigenvalue weighted by Crippen LogP contribution is 2.37. The van der Waals surface area contributed by atoms with Gasteiger partial charge in [0.15, 0.2) is 0 Å². The van der Waals surface area contributed by atoms with Gasteiger partial charge in [0.2, 0.25) is 11.8 Å². The van der Waals surface area contributed by atoms with Gasteiger partial charge in [-0.1, -0.05) is 0 Å². The van der Waals surface area contributed by atoms with Crippen molar-refractivity contribution in [3.05, 3.63) is 65.3 Å². The molecule has 1 aromatic carbocycles. The van der Waals surface area contributed by atoms with Gasteiger partial charge in [-0.05, 0) is 56.2 Å². The van der Waals surface area contributed by atoms with Crippen LogP contribution >= 0.6 is 0 Å². The summed E-state index contributed by atoms with van der Waals surface area (Å²) in [5.74, 6) is -1.72. The largest absolute Gasteiger partial charge is 0.418 e. The van der Waals surface area contributed by atoms with Gasteiger partial charge in [0.05, 0.1) is 35.4 Å². The maximum absolute atomic E-state index is 13.3. The number of amides is 2. The molecule has 2 heterocycles. The molecule has 0 bridgehead atoms. The zero-order chi connectivity index (χ0) is 26.8. The number of nitrogens with zero attached hydrogens (tertiary/aromatic N) is 1. The summed E-state index contributed by atoms with van der Waals surface area (Å²) in [6.45, 7) is 1.85.